The van der Waals surface area contributed by atoms with Crippen LogP contribution in [-0.2, 0) is 6.42 Å². The Bertz CT molecular complexity index is 709. The van der Waals surface area contributed by atoms with Gasteiger partial charge in [0.15, 0.2) is 0 Å². The molecule has 2 rings (SSSR count). The van der Waals surface area contributed by atoms with E-state index in [-0.39, 0.29) is 11.3 Å². The fourth-order valence-corrected chi connectivity index (χ4v) is 2.11. The fourth-order valence-electron chi connectivity index (χ4n) is 1.94. The van der Waals surface area contributed by atoms with Crippen molar-refractivity contribution in [2.75, 3.05) is 5.32 Å². The summed E-state index contributed by atoms with van der Waals surface area (Å²) >= 11 is 5.84. The summed E-state index contributed by atoms with van der Waals surface area (Å²) in [4.78, 5) is 23.5. The first kappa shape index (κ1) is 15.1. The maximum atomic E-state index is 12.3. The number of hydrogen-bond donors (Lipinski definition) is 2. The van der Waals surface area contributed by atoms with Crippen molar-refractivity contribution in [3.8, 4) is 0 Å². The zero-order valence-electron chi connectivity index (χ0n) is 11.4. The number of halogens is 1. The summed E-state index contributed by atoms with van der Waals surface area (Å²) in [6, 6.07) is 4.17. The number of aryl methyl sites for hydroxylation is 2. The second-order valence-electron chi connectivity index (χ2n) is 4.36. The first-order valence-corrected chi connectivity index (χ1v) is 6.61. The number of rotatable bonds is 4. The minimum Gasteiger partial charge on any atom is -0.478 e. The molecule has 1 aromatic heterocycles. The monoisotopic (exact) mass is 308 g/mol. The second-order valence-corrected chi connectivity index (χ2v) is 4.80. The molecule has 0 atom stereocenters. The summed E-state index contributed by atoms with van der Waals surface area (Å²) in [7, 11) is 0. The average molecular weight is 309 g/mol. The third kappa shape index (κ3) is 3.05. The minimum atomic E-state index is -1.15. The number of anilines is 1. The van der Waals surface area contributed by atoms with Crippen LogP contribution in [-0.4, -0.2) is 22.1 Å². The number of benzene rings is 1. The molecule has 2 N–H and O–H groups in total. The number of carboxylic acid groups (broad SMARTS) is 1. The number of aromatic carboxylic acids is 1. The van der Waals surface area contributed by atoms with Crippen LogP contribution in [0.3, 0.4) is 0 Å². The number of carbonyl (C=O) groups is 2. The lowest BCUT2D eigenvalue weighted by Gasteiger charge is -2.09. The smallest absolute Gasteiger partial charge is 0.337 e. The molecule has 1 heterocycles. The Morgan fingerprint density at radius 1 is 1.43 bits per heavy atom. The molecule has 110 valence electrons. The van der Waals surface area contributed by atoms with Crippen molar-refractivity contribution in [3.05, 3.63) is 45.8 Å². The summed E-state index contributed by atoms with van der Waals surface area (Å²) in [5, 5.41) is 15.8. The van der Waals surface area contributed by atoms with Crippen LogP contribution in [0.2, 0.25) is 5.02 Å². The van der Waals surface area contributed by atoms with E-state index in [2.05, 4.69) is 10.5 Å². The van der Waals surface area contributed by atoms with E-state index < -0.39 is 11.9 Å². The summed E-state index contributed by atoms with van der Waals surface area (Å²) in [6.07, 6.45) is 0.529. The van der Waals surface area contributed by atoms with Crippen molar-refractivity contribution in [1.82, 2.24) is 5.16 Å². The van der Waals surface area contributed by atoms with Gasteiger partial charge in [-0.05, 0) is 31.5 Å². The van der Waals surface area contributed by atoms with Crippen LogP contribution >= 0.6 is 11.6 Å². The molecule has 7 heteroatoms. The normalized spacial score (nSPS) is 10.4. The Hall–Kier alpha value is -2.34. The van der Waals surface area contributed by atoms with Crippen LogP contribution in [0, 0.1) is 6.92 Å². The third-order valence-corrected chi connectivity index (χ3v) is 3.19. The molecule has 0 saturated carbocycles. The van der Waals surface area contributed by atoms with E-state index in [1.165, 1.54) is 18.2 Å². The van der Waals surface area contributed by atoms with Crippen LogP contribution in [0.1, 0.15) is 39.1 Å². The molecule has 0 unspecified atom stereocenters. The van der Waals surface area contributed by atoms with Crippen LogP contribution in [0.4, 0.5) is 5.69 Å². The van der Waals surface area contributed by atoms with E-state index in [0.717, 1.165) is 0 Å². The van der Waals surface area contributed by atoms with E-state index >= 15 is 0 Å². The van der Waals surface area contributed by atoms with Gasteiger partial charge in [-0.1, -0.05) is 23.7 Å². The van der Waals surface area contributed by atoms with Gasteiger partial charge in [-0.3, -0.25) is 4.79 Å². The van der Waals surface area contributed by atoms with Crippen molar-refractivity contribution in [3.63, 3.8) is 0 Å². The molecule has 1 aromatic carbocycles. The zero-order valence-corrected chi connectivity index (χ0v) is 12.2. The van der Waals surface area contributed by atoms with Crippen molar-refractivity contribution in [2.24, 2.45) is 0 Å². The van der Waals surface area contributed by atoms with E-state index in [1.807, 2.05) is 6.92 Å². The molecule has 6 nitrogen and oxygen atoms in total. The van der Waals surface area contributed by atoms with Gasteiger partial charge in [0.1, 0.15) is 11.3 Å². The lowest BCUT2D eigenvalue weighted by Crippen LogP contribution is -2.16. The minimum absolute atomic E-state index is 0.0418. The predicted octanol–water partition coefficient (Wildman–Crippen LogP) is 3.15. The van der Waals surface area contributed by atoms with Crippen LogP contribution in [0.15, 0.2) is 22.7 Å². The molecule has 0 aliphatic rings. The Balaban J connectivity index is 2.38. The number of carbonyl (C=O) groups excluding carboxylic acids is 1. The lowest BCUT2D eigenvalue weighted by atomic mass is 10.1. The zero-order chi connectivity index (χ0) is 15.6. The molecule has 0 fully saturated rings. The van der Waals surface area contributed by atoms with Crippen LogP contribution in [0.5, 0.6) is 0 Å². The Morgan fingerprint density at radius 2 is 2.14 bits per heavy atom. The van der Waals surface area contributed by atoms with E-state index in [4.69, 9.17) is 21.2 Å². The molecular weight excluding hydrogens is 296 g/mol. The molecule has 0 bridgehead atoms. The number of amides is 1. The highest BCUT2D eigenvalue weighted by Gasteiger charge is 2.21. The quantitative estimate of drug-likeness (QED) is 0.905. The van der Waals surface area contributed by atoms with Gasteiger partial charge in [0, 0.05) is 5.02 Å². The van der Waals surface area contributed by atoms with E-state index in [1.54, 1.807) is 6.92 Å². The Morgan fingerprint density at radius 3 is 2.76 bits per heavy atom. The second kappa shape index (κ2) is 5.97. The number of hydrogen-bond acceptors (Lipinski definition) is 4. The van der Waals surface area contributed by atoms with Crippen LogP contribution in [0.25, 0.3) is 0 Å². The Kier molecular flexibility index (Phi) is 4.28. The van der Waals surface area contributed by atoms with Crippen molar-refractivity contribution in [2.45, 2.75) is 20.3 Å². The molecule has 2 aromatic rings. The topological polar surface area (TPSA) is 92.4 Å². The highest BCUT2D eigenvalue weighted by Crippen LogP contribution is 2.23. The van der Waals surface area contributed by atoms with Gasteiger partial charge in [0.05, 0.1) is 16.9 Å². The van der Waals surface area contributed by atoms with Gasteiger partial charge < -0.3 is 14.9 Å². The average Bonchev–Trinajstić information content (AvgIpc) is 2.79. The summed E-state index contributed by atoms with van der Waals surface area (Å²) in [6.45, 7) is 3.47. The highest BCUT2D eigenvalue weighted by molar-refractivity contribution is 6.31. The van der Waals surface area contributed by atoms with Crippen molar-refractivity contribution in [1.29, 1.82) is 0 Å². The van der Waals surface area contributed by atoms with Gasteiger partial charge in [-0.25, -0.2) is 4.79 Å². The molecule has 0 radical (unpaired) electrons. The maximum Gasteiger partial charge on any atom is 0.337 e. The van der Waals surface area contributed by atoms with E-state index in [0.29, 0.717) is 28.5 Å². The van der Waals surface area contributed by atoms with Crippen molar-refractivity contribution >= 4 is 29.2 Å². The summed E-state index contributed by atoms with van der Waals surface area (Å²) < 4.78 is 4.99. The van der Waals surface area contributed by atoms with E-state index in [9.17, 15) is 9.59 Å². The van der Waals surface area contributed by atoms with Gasteiger partial charge >= 0.3 is 5.97 Å². The molecule has 0 aliphatic carbocycles. The number of carboxylic acids is 1. The highest BCUT2D eigenvalue weighted by atomic mass is 35.5. The van der Waals surface area contributed by atoms with Gasteiger partial charge in [-0.2, -0.15) is 0 Å². The number of nitrogens with one attached hydrogen (secondary N) is 1. The molecule has 21 heavy (non-hydrogen) atoms. The maximum absolute atomic E-state index is 12.3. The first-order valence-electron chi connectivity index (χ1n) is 6.23. The summed E-state index contributed by atoms with van der Waals surface area (Å²) in [5.74, 6) is -1.25. The van der Waals surface area contributed by atoms with Gasteiger partial charge in [0.2, 0.25) is 0 Å². The summed E-state index contributed by atoms with van der Waals surface area (Å²) in [5.41, 5.74) is 0.917. The van der Waals surface area contributed by atoms with Gasteiger partial charge in [-0.15, -0.1) is 0 Å². The molecule has 1 amide bonds. The number of nitrogens with zero attached hydrogens (tertiary/aromatic N) is 1. The standard InChI is InChI=1S/C14H13ClN2O4/c1-3-10-12(7(2)21-17-10)13(18)16-11-6-8(15)4-5-9(11)14(19)20/h4-6H,3H2,1-2H3,(H,16,18)(H,19,20). The number of aromatic nitrogens is 1. The molecular formula is C14H13ClN2O4. The SMILES string of the molecule is CCc1noc(C)c1C(=O)Nc1cc(Cl)ccc1C(=O)O. The molecule has 0 saturated heterocycles. The fraction of sp³-hybridized carbons (Fsp3) is 0.214. The molecule has 0 spiro atoms. The lowest BCUT2D eigenvalue weighted by molar-refractivity contribution is 0.0698. The van der Waals surface area contributed by atoms with Gasteiger partial charge in [0.25, 0.3) is 5.91 Å². The van der Waals surface area contributed by atoms with Crippen LogP contribution < -0.4 is 5.32 Å². The predicted molar refractivity (Wildman–Crippen MR) is 77.0 cm³/mol. The largest absolute Gasteiger partial charge is 0.478 e. The van der Waals surface area contributed by atoms with Crippen molar-refractivity contribution < 1.29 is 19.2 Å². The third-order valence-electron chi connectivity index (χ3n) is 2.96. The first-order chi connectivity index (χ1) is 9.93. The molecule has 0 aliphatic heterocycles. The Labute approximate surface area is 125 Å².